The van der Waals surface area contributed by atoms with Gasteiger partial charge in [0.15, 0.2) is 0 Å². The number of nitrogens with one attached hydrogen (secondary N) is 1. The summed E-state index contributed by atoms with van der Waals surface area (Å²) in [6.07, 6.45) is 0. The first-order valence-electron chi connectivity index (χ1n) is 13.0. The Hall–Kier alpha value is -4.91. The lowest BCUT2D eigenvalue weighted by atomic mass is 9.89. The van der Waals surface area contributed by atoms with E-state index in [0.29, 0.717) is 23.5 Å². The summed E-state index contributed by atoms with van der Waals surface area (Å²) in [7, 11) is 7.83. The number of aryl methyl sites for hydroxylation is 1. The van der Waals surface area contributed by atoms with Crippen molar-refractivity contribution in [2.24, 2.45) is 0 Å². The van der Waals surface area contributed by atoms with Crippen LogP contribution in [-0.2, 0) is 6.54 Å². The van der Waals surface area contributed by atoms with Crippen molar-refractivity contribution in [3.8, 4) is 22.5 Å². The maximum absolute atomic E-state index is 13.0. The van der Waals surface area contributed by atoms with Crippen LogP contribution in [0.15, 0.2) is 83.3 Å². The molecule has 40 heavy (non-hydrogen) atoms. The van der Waals surface area contributed by atoms with Crippen LogP contribution in [0.1, 0.15) is 31.8 Å². The van der Waals surface area contributed by atoms with E-state index in [1.807, 2.05) is 105 Å². The van der Waals surface area contributed by atoms with E-state index in [1.54, 1.807) is 12.1 Å². The van der Waals surface area contributed by atoms with Gasteiger partial charge in [-0.25, -0.2) is 9.37 Å². The first-order chi connectivity index (χ1) is 19.1. The van der Waals surface area contributed by atoms with E-state index in [9.17, 15) is 14.7 Å². The van der Waals surface area contributed by atoms with Gasteiger partial charge in [-0.2, -0.15) is 0 Å². The standard InChI is InChI=1S/C33H31N3O4/c1-20-6-8-21(9-7-20)19-34-32(37)22-10-13-25(28(16-22)33(38)39)31-26-14-11-23(35(2)3)17-29(26)40-30-18-24(36(4)5)12-15-27(30)31/h6-18H,19H2,1-5H3,(H-,34,37,38,39)/p+1. The van der Waals surface area contributed by atoms with Crippen molar-refractivity contribution in [1.29, 1.82) is 0 Å². The maximum Gasteiger partial charge on any atom is 0.336 e. The van der Waals surface area contributed by atoms with Gasteiger partial charge in [0.2, 0.25) is 5.36 Å². The van der Waals surface area contributed by atoms with E-state index in [4.69, 9.17) is 4.42 Å². The molecule has 2 aliphatic rings. The summed E-state index contributed by atoms with van der Waals surface area (Å²) < 4.78 is 8.36. The molecular formula is C33H32N3O4+. The Labute approximate surface area is 233 Å². The van der Waals surface area contributed by atoms with Crippen LogP contribution in [0.4, 0.5) is 5.69 Å². The van der Waals surface area contributed by atoms with Gasteiger partial charge in [-0.3, -0.25) is 4.79 Å². The molecule has 1 aliphatic carbocycles. The second kappa shape index (κ2) is 10.7. The highest BCUT2D eigenvalue weighted by molar-refractivity contribution is 6.09. The number of hydrogen-bond acceptors (Lipinski definition) is 4. The van der Waals surface area contributed by atoms with Gasteiger partial charge in [0, 0.05) is 60.5 Å². The van der Waals surface area contributed by atoms with Crippen molar-refractivity contribution < 1.29 is 19.1 Å². The van der Waals surface area contributed by atoms with Crippen molar-refractivity contribution in [2.45, 2.75) is 13.5 Å². The maximum atomic E-state index is 13.0. The topological polar surface area (TPSA) is 85.8 Å². The summed E-state index contributed by atoms with van der Waals surface area (Å²) in [5.74, 6) is -0.806. The van der Waals surface area contributed by atoms with E-state index < -0.39 is 5.97 Å². The first kappa shape index (κ1) is 26.7. The van der Waals surface area contributed by atoms with E-state index >= 15 is 0 Å². The lowest BCUT2D eigenvalue weighted by molar-refractivity contribution is 0.0697. The third kappa shape index (κ3) is 5.18. The Morgan fingerprint density at radius 3 is 2.30 bits per heavy atom. The highest BCUT2D eigenvalue weighted by Gasteiger charge is 2.23. The molecule has 0 saturated heterocycles. The molecule has 1 aliphatic heterocycles. The minimum absolute atomic E-state index is 0.0464. The summed E-state index contributed by atoms with van der Waals surface area (Å²) in [5.41, 5.74) is 6.09. The number of carboxylic acid groups (broad SMARTS) is 1. The van der Waals surface area contributed by atoms with Crippen LogP contribution in [-0.4, -0.2) is 45.2 Å². The van der Waals surface area contributed by atoms with Gasteiger partial charge < -0.3 is 19.7 Å². The van der Waals surface area contributed by atoms with Crippen molar-refractivity contribution in [2.75, 3.05) is 33.1 Å². The van der Waals surface area contributed by atoms with Crippen LogP contribution in [0.5, 0.6) is 0 Å². The van der Waals surface area contributed by atoms with Crippen molar-refractivity contribution in [1.82, 2.24) is 9.89 Å². The number of amides is 1. The highest BCUT2D eigenvalue weighted by Crippen LogP contribution is 2.42. The van der Waals surface area contributed by atoms with Crippen LogP contribution in [0.2, 0.25) is 0 Å². The number of benzene rings is 4. The van der Waals surface area contributed by atoms with Gasteiger partial charge >= 0.3 is 5.97 Å². The Bertz CT molecular complexity index is 1800. The lowest BCUT2D eigenvalue weighted by Gasteiger charge is -2.19. The summed E-state index contributed by atoms with van der Waals surface area (Å²) in [6, 6.07) is 24.5. The number of fused-ring (bicyclic) bond motifs is 2. The molecule has 3 aromatic carbocycles. The molecule has 5 rings (SSSR count). The van der Waals surface area contributed by atoms with Crippen LogP contribution in [0.3, 0.4) is 0 Å². The first-order valence-corrected chi connectivity index (χ1v) is 13.0. The van der Waals surface area contributed by atoms with E-state index in [0.717, 1.165) is 38.7 Å². The van der Waals surface area contributed by atoms with Crippen molar-refractivity contribution in [3.05, 3.63) is 106 Å². The second-order valence-corrected chi connectivity index (χ2v) is 10.4. The fourth-order valence-electron chi connectivity index (χ4n) is 4.78. The molecule has 0 aromatic heterocycles. The van der Waals surface area contributed by atoms with Gasteiger partial charge in [0.05, 0.1) is 11.6 Å². The van der Waals surface area contributed by atoms with Gasteiger partial charge in [-0.15, -0.1) is 0 Å². The molecule has 0 spiro atoms. The zero-order valence-electron chi connectivity index (χ0n) is 23.3. The molecule has 7 nitrogen and oxygen atoms in total. The monoisotopic (exact) mass is 534 g/mol. The average Bonchev–Trinajstić information content (AvgIpc) is 2.94. The third-order valence-corrected chi connectivity index (χ3v) is 7.08. The molecule has 1 amide bonds. The second-order valence-electron chi connectivity index (χ2n) is 10.4. The largest absolute Gasteiger partial charge is 0.478 e. The average molecular weight is 535 g/mol. The summed E-state index contributed by atoms with van der Waals surface area (Å²) in [5, 5.41) is 14.9. The van der Waals surface area contributed by atoms with Gasteiger partial charge in [0.25, 0.3) is 5.91 Å². The number of carboxylic acids is 1. The van der Waals surface area contributed by atoms with Crippen LogP contribution in [0, 0.1) is 6.92 Å². The predicted octanol–water partition coefficient (Wildman–Crippen LogP) is 5.24. The minimum Gasteiger partial charge on any atom is -0.478 e. The highest BCUT2D eigenvalue weighted by atomic mass is 16.4. The number of carbonyl (C=O) groups is 2. The molecule has 3 aromatic rings. The van der Waals surface area contributed by atoms with Crippen LogP contribution < -0.4 is 20.1 Å². The number of carbonyl (C=O) groups excluding carboxylic acids is 1. The van der Waals surface area contributed by atoms with Crippen LogP contribution >= 0.6 is 0 Å². The Morgan fingerprint density at radius 2 is 1.62 bits per heavy atom. The smallest absolute Gasteiger partial charge is 0.336 e. The zero-order valence-corrected chi connectivity index (χ0v) is 23.3. The predicted molar refractivity (Wildman–Crippen MR) is 159 cm³/mol. The molecule has 202 valence electrons. The number of hydrogen-bond donors (Lipinski definition) is 2. The Kier molecular flexibility index (Phi) is 7.13. The molecule has 1 heterocycles. The fraction of sp³-hybridized carbons (Fsp3) is 0.182. The molecule has 7 heteroatoms. The van der Waals surface area contributed by atoms with Crippen molar-refractivity contribution in [3.63, 3.8) is 0 Å². The lowest BCUT2D eigenvalue weighted by Crippen LogP contribution is -2.23. The summed E-state index contributed by atoms with van der Waals surface area (Å²) in [6.45, 7) is 2.36. The van der Waals surface area contributed by atoms with E-state index in [-0.39, 0.29) is 17.0 Å². The molecule has 0 radical (unpaired) electrons. The molecule has 2 N–H and O–H groups in total. The zero-order chi connectivity index (χ0) is 28.6. The molecule has 0 unspecified atom stereocenters. The van der Waals surface area contributed by atoms with Gasteiger partial charge in [-0.05, 0) is 48.4 Å². The Morgan fingerprint density at radius 1 is 0.900 bits per heavy atom. The number of nitrogens with zero attached hydrogens (tertiary/aromatic N) is 2. The minimum atomic E-state index is -1.11. The molecule has 0 saturated carbocycles. The Balaban J connectivity index is 1.65. The fourth-order valence-corrected chi connectivity index (χ4v) is 4.78. The number of aromatic carboxylic acids is 1. The third-order valence-electron chi connectivity index (χ3n) is 7.08. The van der Waals surface area contributed by atoms with E-state index in [2.05, 4.69) is 5.32 Å². The number of rotatable bonds is 6. The SMILES string of the molecule is Cc1ccc(CNC(=O)c2ccc(-c3c4ccc(=[N+](C)C)cc-4oc4cc(N(C)C)ccc34)c(C(=O)O)c2)cc1. The molecule has 0 atom stereocenters. The number of anilines is 1. The normalized spacial score (nSPS) is 11.0. The van der Waals surface area contributed by atoms with Crippen molar-refractivity contribution >= 4 is 28.5 Å². The summed E-state index contributed by atoms with van der Waals surface area (Å²) in [4.78, 5) is 27.6. The molecular weight excluding hydrogens is 502 g/mol. The van der Waals surface area contributed by atoms with Gasteiger partial charge in [0.1, 0.15) is 25.4 Å². The summed E-state index contributed by atoms with van der Waals surface area (Å²) >= 11 is 0. The van der Waals surface area contributed by atoms with Crippen LogP contribution in [0.25, 0.3) is 33.4 Å². The van der Waals surface area contributed by atoms with Gasteiger partial charge in [-0.1, -0.05) is 35.9 Å². The van der Waals surface area contributed by atoms with E-state index in [1.165, 1.54) is 6.07 Å². The quantitative estimate of drug-likeness (QED) is 0.230. The molecule has 0 fully saturated rings. The molecule has 0 bridgehead atoms.